The van der Waals surface area contributed by atoms with Crippen LogP contribution in [0.1, 0.15) is 11.4 Å². The van der Waals surface area contributed by atoms with Crippen LogP contribution < -0.4 is 5.56 Å². The molecule has 0 aliphatic heterocycles. The molecule has 19 heavy (non-hydrogen) atoms. The van der Waals surface area contributed by atoms with E-state index in [0.29, 0.717) is 15.1 Å². The van der Waals surface area contributed by atoms with Crippen molar-refractivity contribution >= 4 is 44.4 Å². The van der Waals surface area contributed by atoms with E-state index in [1.807, 2.05) is 29.7 Å². The fourth-order valence-corrected chi connectivity index (χ4v) is 2.75. The number of nitrogens with zero attached hydrogens (tertiary/aromatic N) is 3. The van der Waals surface area contributed by atoms with Crippen LogP contribution in [-0.4, -0.2) is 14.4 Å². The topological polar surface area (TPSA) is 47.3 Å². The molecule has 0 atom stereocenters. The number of rotatable bonds is 2. The minimum atomic E-state index is -0.105. The van der Waals surface area contributed by atoms with E-state index < -0.39 is 0 Å². The van der Waals surface area contributed by atoms with E-state index in [1.165, 1.54) is 15.7 Å². The lowest BCUT2D eigenvalue weighted by Gasteiger charge is -1.99. The molecule has 3 aromatic rings. The highest BCUT2D eigenvalue weighted by Crippen LogP contribution is 2.16. The van der Waals surface area contributed by atoms with Crippen molar-refractivity contribution in [3.05, 3.63) is 62.2 Å². The molecule has 0 fully saturated rings. The molecule has 0 radical (unpaired) electrons. The number of aromatic nitrogens is 3. The van der Waals surface area contributed by atoms with E-state index in [1.54, 1.807) is 18.5 Å². The lowest BCUT2D eigenvalue weighted by Crippen LogP contribution is -2.14. The van der Waals surface area contributed by atoms with Crippen LogP contribution in [-0.2, 0) is 0 Å². The van der Waals surface area contributed by atoms with Gasteiger partial charge in [0.05, 0.1) is 11.4 Å². The van der Waals surface area contributed by atoms with Gasteiger partial charge < -0.3 is 0 Å². The zero-order valence-electron chi connectivity index (χ0n) is 9.65. The normalized spacial score (nSPS) is 11.4. The lowest BCUT2D eigenvalue weighted by atomic mass is 10.3. The molecule has 0 amide bonds. The summed E-state index contributed by atoms with van der Waals surface area (Å²) in [6.45, 7) is 0. The highest BCUT2D eigenvalue weighted by molar-refractivity contribution is 9.10. The van der Waals surface area contributed by atoms with Gasteiger partial charge in [0.1, 0.15) is 4.47 Å². The van der Waals surface area contributed by atoms with Crippen molar-refractivity contribution in [2.75, 3.05) is 0 Å². The Bertz CT molecular complexity index is 808. The monoisotopic (exact) mass is 333 g/mol. The molecule has 6 heteroatoms. The number of hydrogen-bond donors (Lipinski definition) is 0. The van der Waals surface area contributed by atoms with E-state index >= 15 is 0 Å². The van der Waals surface area contributed by atoms with Crippen LogP contribution in [0.5, 0.6) is 0 Å². The third kappa shape index (κ3) is 2.36. The highest BCUT2D eigenvalue weighted by atomic mass is 79.9. The minimum Gasteiger partial charge on any atom is -0.268 e. The van der Waals surface area contributed by atoms with Crippen molar-refractivity contribution in [2.24, 2.45) is 0 Å². The van der Waals surface area contributed by atoms with Gasteiger partial charge in [-0.2, -0.15) is 0 Å². The predicted octanol–water partition coefficient (Wildman–Crippen LogP) is 3.08. The number of hydrogen-bond acceptors (Lipinski definition) is 4. The molecule has 0 aromatic carbocycles. The first kappa shape index (κ1) is 12.3. The molecule has 94 valence electrons. The molecule has 0 saturated carbocycles. The Labute approximate surface area is 121 Å². The number of pyridine rings is 1. The number of halogens is 1. The van der Waals surface area contributed by atoms with E-state index in [0.717, 1.165) is 5.69 Å². The molecule has 0 aliphatic rings. The molecular weight excluding hydrogens is 326 g/mol. The Morgan fingerprint density at radius 2 is 2.21 bits per heavy atom. The van der Waals surface area contributed by atoms with Crippen molar-refractivity contribution in [3.8, 4) is 0 Å². The fourth-order valence-electron chi connectivity index (χ4n) is 1.62. The number of fused-ring (bicyclic) bond motifs is 1. The minimum absolute atomic E-state index is 0.105. The van der Waals surface area contributed by atoms with Gasteiger partial charge >= 0.3 is 0 Å². The van der Waals surface area contributed by atoms with Crippen LogP contribution in [0, 0.1) is 0 Å². The van der Waals surface area contributed by atoms with Gasteiger partial charge in [-0.15, -0.1) is 11.3 Å². The highest BCUT2D eigenvalue weighted by Gasteiger charge is 2.08. The van der Waals surface area contributed by atoms with Gasteiger partial charge in [0.2, 0.25) is 0 Å². The maximum atomic E-state index is 12.1. The third-order valence-electron chi connectivity index (χ3n) is 2.54. The van der Waals surface area contributed by atoms with Gasteiger partial charge in [-0.05, 0) is 40.2 Å². The molecule has 0 saturated heterocycles. The standard InChI is InChI=1S/C13H8BrN3OS/c14-11-10(5-4-9-3-1-2-6-15-9)16-13-17(12(11)18)7-8-19-13/h1-8H/b5-4+. The zero-order chi connectivity index (χ0) is 13.2. The molecule has 0 unspecified atom stereocenters. The van der Waals surface area contributed by atoms with E-state index in [9.17, 15) is 4.79 Å². The van der Waals surface area contributed by atoms with Crippen LogP contribution in [0.4, 0.5) is 0 Å². The summed E-state index contributed by atoms with van der Waals surface area (Å²) in [6, 6.07) is 5.66. The van der Waals surface area contributed by atoms with Gasteiger partial charge in [0, 0.05) is 17.8 Å². The first-order valence-corrected chi connectivity index (χ1v) is 7.17. The predicted molar refractivity (Wildman–Crippen MR) is 80.2 cm³/mol. The van der Waals surface area contributed by atoms with Gasteiger partial charge in [0.15, 0.2) is 4.96 Å². The Morgan fingerprint density at radius 1 is 1.32 bits per heavy atom. The average molecular weight is 334 g/mol. The summed E-state index contributed by atoms with van der Waals surface area (Å²) >= 11 is 4.72. The van der Waals surface area contributed by atoms with Gasteiger partial charge in [-0.25, -0.2) is 4.98 Å². The van der Waals surface area contributed by atoms with E-state index in [2.05, 4.69) is 25.9 Å². The molecule has 3 heterocycles. The van der Waals surface area contributed by atoms with Crippen molar-refractivity contribution in [2.45, 2.75) is 0 Å². The van der Waals surface area contributed by atoms with Crippen molar-refractivity contribution in [1.29, 1.82) is 0 Å². The Balaban J connectivity index is 2.08. The smallest absolute Gasteiger partial charge is 0.268 e. The van der Waals surface area contributed by atoms with Crippen LogP contribution >= 0.6 is 27.3 Å². The maximum Gasteiger partial charge on any atom is 0.273 e. The van der Waals surface area contributed by atoms with Crippen molar-refractivity contribution in [3.63, 3.8) is 0 Å². The van der Waals surface area contributed by atoms with Crippen LogP contribution in [0.2, 0.25) is 0 Å². The van der Waals surface area contributed by atoms with E-state index in [4.69, 9.17) is 0 Å². The lowest BCUT2D eigenvalue weighted by molar-refractivity contribution is 1.05. The first-order chi connectivity index (χ1) is 9.25. The van der Waals surface area contributed by atoms with Gasteiger partial charge in [-0.1, -0.05) is 6.07 Å². The first-order valence-electron chi connectivity index (χ1n) is 5.50. The van der Waals surface area contributed by atoms with Crippen LogP contribution in [0.3, 0.4) is 0 Å². The summed E-state index contributed by atoms with van der Waals surface area (Å²) in [6.07, 6.45) is 7.05. The third-order valence-corrected chi connectivity index (χ3v) is 4.04. The largest absolute Gasteiger partial charge is 0.273 e. The molecule has 3 aromatic heterocycles. The van der Waals surface area contributed by atoms with Gasteiger partial charge in [-0.3, -0.25) is 14.2 Å². The summed E-state index contributed by atoms with van der Waals surface area (Å²) in [5.41, 5.74) is 1.33. The molecule has 3 rings (SSSR count). The van der Waals surface area contributed by atoms with Crippen LogP contribution in [0.15, 0.2) is 45.2 Å². The summed E-state index contributed by atoms with van der Waals surface area (Å²) in [5, 5.41) is 1.84. The summed E-state index contributed by atoms with van der Waals surface area (Å²) in [7, 11) is 0. The summed E-state index contributed by atoms with van der Waals surface area (Å²) < 4.78 is 1.97. The molecule has 0 spiro atoms. The molecule has 0 aliphatic carbocycles. The molecule has 4 nitrogen and oxygen atoms in total. The SMILES string of the molecule is O=c1c(Br)c(/C=C/c2ccccn2)nc2sccn12. The Kier molecular flexibility index (Phi) is 3.27. The quantitative estimate of drug-likeness (QED) is 0.724. The second-order valence-corrected chi connectivity index (χ2v) is 5.43. The molecular formula is C13H8BrN3OS. The van der Waals surface area contributed by atoms with Crippen LogP contribution in [0.25, 0.3) is 17.1 Å². The fraction of sp³-hybridized carbons (Fsp3) is 0. The van der Waals surface area contributed by atoms with Gasteiger partial charge in [0.25, 0.3) is 5.56 Å². The zero-order valence-corrected chi connectivity index (χ0v) is 12.1. The summed E-state index contributed by atoms with van der Waals surface area (Å²) in [4.78, 5) is 21.3. The number of thiazole rings is 1. The Morgan fingerprint density at radius 3 is 3.00 bits per heavy atom. The summed E-state index contributed by atoms with van der Waals surface area (Å²) in [5.74, 6) is 0. The second kappa shape index (κ2) is 5.07. The average Bonchev–Trinajstić information content (AvgIpc) is 2.91. The molecule has 0 bridgehead atoms. The molecule has 0 N–H and O–H groups in total. The maximum absolute atomic E-state index is 12.1. The van der Waals surface area contributed by atoms with Crippen molar-refractivity contribution in [1.82, 2.24) is 14.4 Å². The van der Waals surface area contributed by atoms with E-state index in [-0.39, 0.29) is 5.56 Å². The Hall–Kier alpha value is -1.79. The van der Waals surface area contributed by atoms with Crippen molar-refractivity contribution < 1.29 is 0 Å². The second-order valence-electron chi connectivity index (χ2n) is 3.76.